The molecular formula is C66H41NOS. The maximum atomic E-state index is 6.73. The van der Waals surface area contributed by atoms with Crippen LogP contribution in [0.4, 0.5) is 17.1 Å². The molecule has 11 aromatic carbocycles. The average Bonchev–Trinajstić information content (AvgIpc) is 3.87. The van der Waals surface area contributed by atoms with Crippen molar-refractivity contribution in [3.63, 3.8) is 0 Å². The number of ether oxygens (including phenoxy) is 1. The zero-order chi connectivity index (χ0) is 45.3. The first-order chi connectivity index (χ1) is 34.2. The Bertz CT molecular complexity index is 3850. The van der Waals surface area contributed by atoms with E-state index >= 15 is 0 Å². The Morgan fingerprint density at radius 2 is 0.826 bits per heavy atom. The van der Waals surface area contributed by atoms with Crippen LogP contribution in [-0.2, 0) is 10.8 Å². The van der Waals surface area contributed by atoms with Crippen molar-refractivity contribution in [1.82, 2.24) is 0 Å². The fraction of sp³-hybridized carbons (Fsp3) is 0.0303. The molecule has 11 aromatic rings. The van der Waals surface area contributed by atoms with Crippen LogP contribution in [-0.4, -0.2) is 0 Å². The normalized spacial score (nSPS) is 14.4. The maximum absolute atomic E-state index is 6.73. The van der Waals surface area contributed by atoms with E-state index in [1.54, 1.807) is 0 Å². The number of rotatable bonds is 4. The highest BCUT2D eigenvalue weighted by atomic mass is 32.2. The van der Waals surface area contributed by atoms with Crippen LogP contribution in [0.5, 0.6) is 11.5 Å². The van der Waals surface area contributed by atoms with E-state index in [0.717, 1.165) is 39.7 Å². The van der Waals surface area contributed by atoms with Gasteiger partial charge in [-0.15, -0.1) is 0 Å². The summed E-state index contributed by atoms with van der Waals surface area (Å²) in [6.07, 6.45) is 0. The van der Waals surface area contributed by atoms with Crippen molar-refractivity contribution in [2.45, 2.75) is 20.6 Å². The van der Waals surface area contributed by atoms with Crippen LogP contribution in [0.1, 0.15) is 44.5 Å². The van der Waals surface area contributed by atoms with E-state index in [0.29, 0.717) is 0 Å². The Hall–Kier alpha value is -8.37. The van der Waals surface area contributed by atoms with E-state index in [1.165, 1.54) is 87.3 Å². The molecule has 69 heavy (non-hydrogen) atoms. The minimum Gasteiger partial charge on any atom is -0.457 e. The summed E-state index contributed by atoms with van der Waals surface area (Å²) in [5.41, 5.74) is 19.8. The summed E-state index contributed by atoms with van der Waals surface area (Å²) >= 11 is 1.89. The van der Waals surface area contributed by atoms with Gasteiger partial charge in [-0.2, -0.15) is 0 Å². The minimum absolute atomic E-state index is 0.460. The molecule has 2 spiro atoms. The van der Waals surface area contributed by atoms with Crippen molar-refractivity contribution < 1.29 is 4.74 Å². The van der Waals surface area contributed by atoms with E-state index in [9.17, 15) is 0 Å². The average molecular weight is 896 g/mol. The molecule has 2 aliphatic heterocycles. The second-order valence-corrected chi connectivity index (χ2v) is 19.7. The number of anilines is 3. The molecule has 0 N–H and O–H groups in total. The molecule has 2 heterocycles. The monoisotopic (exact) mass is 895 g/mol. The number of fused-ring (bicyclic) bond motifs is 19. The van der Waals surface area contributed by atoms with Crippen LogP contribution in [0.2, 0.25) is 0 Å². The van der Waals surface area contributed by atoms with Crippen LogP contribution in [0, 0.1) is 0 Å². The summed E-state index contributed by atoms with van der Waals surface area (Å²) in [4.78, 5) is 5.13. The molecule has 0 bridgehead atoms. The Kier molecular flexibility index (Phi) is 8.17. The van der Waals surface area contributed by atoms with Gasteiger partial charge in [0.25, 0.3) is 0 Å². The third-order valence-corrected chi connectivity index (χ3v) is 16.5. The van der Waals surface area contributed by atoms with Gasteiger partial charge in [-0.3, -0.25) is 0 Å². The van der Waals surface area contributed by atoms with Crippen LogP contribution >= 0.6 is 11.8 Å². The van der Waals surface area contributed by atoms with Crippen LogP contribution in [0.15, 0.2) is 259 Å². The number of para-hydroxylation sites is 2. The molecule has 0 atom stereocenters. The summed E-state index contributed by atoms with van der Waals surface area (Å²) in [6.45, 7) is 0. The molecular weight excluding hydrogens is 855 g/mol. The van der Waals surface area contributed by atoms with Gasteiger partial charge in [0.1, 0.15) is 11.5 Å². The summed E-state index contributed by atoms with van der Waals surface area (Å²) in [5.74, 6) is 1.78. The molecule has 3 heteroatoms. The van der Waals surface area contributed by atoms with E-state index < -0.39 is 10.8 Å². The van der Waals surface area contributed by atoms with Crippen molar-refractivity contribution in [2.24, 2.45) is 0 Å². The Morgan fingerprint density at radius 3 is 1.54 bits per heavy atom. The SMILES string of the molecule is c1ccc2c(c1)Oc1ccccc1C21c2ccccc2-c2c(N(c3ccc(-c4ccc5ccccc5c4)cc3)c3ccc4c(c3)-c3ccccc3C43c4ccccc4Sc4ccccc43)cccc21. The van der Waals surface area contributed by atoms with Crippen LogP contribution < -0.4 is 9.64 Å². The molecule has 0 saturated heterocycles. The highest BCUT2D eigenvalue weighted by molar-refractivity contribution is 7.99. The van der Waals surface area contributed by atoms with Gasteiger partial charge in [-0.05, 0) is 133 Å². The third-order valence-electron chi connectivity index (χ3n) is 15.4. The molecule has 0 unspecified atom stereocenters. The van der Waals surface area contributed by atoms with Gasteiger partial charge in [0.05, 0.1) is 16.5 Å². The zero-order valence-electron chi connectivity index (χ0n) is 37.4. The fourth-order valence-electron chi connectivity index (χ4n) is 12.7. The number of benzene rings is 11. The lowest BCUT2D eigenvalue weighted by atomic mass is 9.66. The quantitative estimate of drug-likeness (QED) is 0.175. The Labute approximate surface area is 405 Å². The smallest absolute Gasteiger partial charge is 0.132 e. The third kappa shape index (κ3) is 5.23. The number of nitrogens with zero attached hydrogens (tertiary/aromatic N) is 1. The lowest BCUT2D eigenvalue weighted by Gasteiger charge is -2.40. The molecule has 0 amide bonds. The highest BCUT2D eigenvalue weighted by Crippen LogP contribution is 2.66. The number of hydrogen-bond donors (Lipinski definition) is 0. The minimum atomic E-state index is -0.595. The summed E-state index contributed by atoms with van der Waals surface area (Å²) in [7, 11) is 0. The first-order valence-electron chi connectivity index (χ1n) is 23.8. The van der Waals surface area contributed by atoms with Crippen molar-refractivity contribution in [3.8, 4) is 44.9 Å². The highest BCUT2D eigenvalue weighted by Gasteiger charge is 2.53. The molecule has 2 aliphatic carbocycles. The van der Waals surface area contributed by atoms with E-state index in [-0.39, 0.29) is 0 Å². The van der Waals surface area contributed by atoms with Gasteiger partial charge in [0.2, 0.25) is 0 Å². The van der Waals surface area contributed by atoms with Gasteiger partial charge in [0.15, 0.2) is 0 Å². The summed E-state index contributed by atoms with van der Waals surface area (Å²) in [5, 5.41) is 2.48. The molecule has 0 fully saturated rings. The van der Waals surface area contributed by atoms with E-state index in [2.05, 4.69) is 254 Å². The van der Waals surface area contributed by atoms with Gasteiger partial charge in [-0.1, -0.05) is 200 Å². The van der Waals surface area contributed by atoms with E-state index in [4.69, 9.17) is 4.74 Å². The van der Waals surface area contributed by atoms with Crippen molar-refractivity contribution >= 4 is 39.6 Å². The predicted molar refractivity (Wildman–Crippen MR) is 283 cm³/mol. The topological polar surface area (TPSA) is 12.5 Å². The van der Waals surface area contributed by atoms with Gasteiger partial charge in [0, 0.05) is 37.9 Å². The standard InChI is InChI=1S/C66H41NOS/c1-2-17-44-40-45(33-32-42(44)16-1)43-34-36-46(37-35-43)67(47-38-39-53-50(41-47)48-18-3-5-20-51(48)65(53)56-24-9-13-30-62(56)69-63-31-14-10-25-57(63)65)59-27-15-26-58-64(59)49-19-4-6-21-52(49)66(58)54-22-7-11-28-60(54)68-61-29-12-8-23-55(61)66/h1-41H. The molecule has 322 valence electrons. The molecule has 2 nitrogen and oxygen atoms in total. The first kappa shape index (κ1) is 38.7. The molecule has 0 saturated carbocycles. The fourth-order valence-corrected chi connectivity index (χ4v) is 13.8. The molecule has 0 radical (unpaired) electrons. The van der Waals surface area contributed by atoms with Gasteiger partial charge >= 0.3 is 0 Å². The predicted octanol–water partition coefficient (Wildman–Crippen LogP) is 17.3. The van der Waals surface area contributed by atoms with Crippen molar-refractivity contribution in [1.29, 1.82) is 0 Å². The zero-order valence-corrected chi connectivity index (χ0v) is 38.3. The maximum Gasteiger partial charge on any atom is 0.132 e. The Balaban J connectivity index is 0.993. The molecule has 4 aliphatic rings. The lowest BCUT2D eigenvalue weighted by molar-refractivity contribution is 0.436. The molecule has 0 aromatic heterocycles. The largest absolute Gasteiger partial charge is 0.457 e. The lowest BCUT2D eigenvalue weighted by Crippen LogP contribution is -2.32. The number of hydrogen-bond acceptors (Lipinski definition) is 3. The first-order valence-corrected chi connectivity index (χ1v) is 24.6. The molecule has 15 rings (SSSR count). The second kappa shape index (κ2) is 14.6. The van der Waals surface area contributed by atoms with Gasteiger partial charge in [-0.25, -0.2) is 0 Å². The van der Waals surface area contributed by atoms with E-state index in [1.807, 2.05) is 11.8 Å². The van der Waals surface area contributed by atoms with Crippen molar-refractivity contribution in [3.05, 3.63) is 293 Å². The summed E-state index contributed by atoms with van der Waals surface area (Å²) in [6, 6.07) is 92.4. The Morgan fingerprint density at radius 1 is 0.319 bits per heavy atom. The second-order valence-electron chi connectivity index (χ2n) is 18.7. The van der Waals surface area contributed by atoms with Crippen LogP contribution in [0.25, 0.3) is 44.2 Å². The van der Waals surface area contributed by atoms with Gasteiger partial charge < -0.3 is 9.64 Å². The summed E-state index contributed by atoms with van der Waals surface area (Å²) < 4.78 is 6.73. The van der Waals surface area contributed by atoms with Crippen LogP contribution in [0.3, 0.4) is 0 Å². The van der Waals surface area contributed by atoms with Crippen molar-refractivity contribution in [2.75, 3.05) is 4.90 Å².